The van der Waals surface area contributed by atoms with Crippen LogP contribution in [0.4, 0.5) is 4.79 Å². The smallest absolute Gasteiger partial charge is 0.407 e. The second-order valence-corrected chi connectivity index (χ2v) is 8.00. The minimum absolute atomic E-state index is 0.0433. The van der Waals surface area contributed by atoms with Crippen LogP contribution >= 0.6 is 0 Å². The Balaban J connectivity index is 1.80. The van der Waals surface area contributed by atoms with Crippen LogP contribution in [0.1, 0.15) is 52.5 Å². The standard InChI is InChI=1S/C20H30N2O3/c1-15(13-21-18(24)25-19(2,3)4)17(23)22-14-20(11-8-12-20)16-9-6-5-7-10-16/h5-7,9-10,15H,8,11-14H2,1-4H3,(H,21,24)(H,22,23)/t15-/m1/s1. The van der Waals surface area contributed by atoms with Crippen LogP contribution in [0.5, 0.6) is 0 Å². The van der Waals surface area contributed by atoms with E-state index in [0.29, 0.717) is 6.54 Å². The first-order chi connectivity index (χ1) is 11.7. The number of amides is 2. The van der Waals surface area contributed by atoms with Gasteiger partial charge in [-0.05, 0) is 39.2 Å². The summed E-state index contributed by atoms with van der Waals surface area (Å²) in [6.45, 7) is 8.15. The Hall–Kier alpha value is -2.04. The van der Waals surface area contributed by atoms with Crippen LogP contribution in [0.25, 0.3) is 0 Å². The molecule has 0 aromatic heterocycles. The Kier molecular flexibility index (Phi) is 6.09. The molecule has 5 heteroatoms. The fraction of sp³-hybridized carbons (Fsp3) is 0.600. The molecule has 1 atom stereocenters. The number of carbonyl (C=O) groups excluding carboxylic acids is 2. The van der Waals surface area contributed by atoms with E-state index in [1.807, 2.05) is 45.9 Å². The van der Waals surface area contributed by atoms with Crippen molar-refractivity contribution in [2.75, 3.05) is 13.1 Å². The van der Waals surface area contributed by atoms with Gasteiger partial charge >= 0.3 is 6.09 Å². The predicted molar refractivity (Wildman–Crippen MR) is 98.4 cm³/mol. The van der Waals surface area contributed by atoms with Crippen molar-refractivity contribution in [3.8, 4) is 0 Å². The average molecular weight is 346 g/mol. The highest BCUT2D eigenvalue weighted by molar-refractivity contribution is 5.79. The van der Waals surface area contributed by atoms with Gasteiger partial charge in [-0.15, -0.1) is 0 Å². The van der Waals surface area contributed by atoms with Gasteiger partial charge in [-0.25, -0.2) is 4.79 Å². The van der Waals surface area contributed by atoms with Gasteiger partial charge in [0, 0.05) is 18.5 Å². The van der Waals surface area contributed by atoms with Gasteiger partial charge < -0.3 is 15.4 Å². The molecule has 0 aliphatic heterocycles. The number of nitrogens with one attached hydrogen (secondary N) is 2. The van der Waals surface area contributed by atoms with Gasteiger partial charge in [-0.1, -0.05) is 43.7 Å². The van der Waals surface area contributed by atoms with Crippen molar-refractivity contribution in [1.29, 1.82) is 0 Å². The highest BCUT2D eigenvalue weighted by Crippen LogP contribution is 2.43. The summed E-state index contributed by atoms with van der Waals surface area (Å²) in [4.78, 5) is 24.0. The average Bonchev–Trinajstić information content (AvgIpc) is 2.50. The maximum atomic E-state index is 12.4. The fourth-order valence-corrected chi connectivity index (χ4v) is 3.04. The largest absolute Gasteiger partial charge is 0.444 e. The Labute approximate surface area is 150 Å². The molecule has 0 radical (unpaired) electrons. The molecule has 2 N–H and O–H groups in total. The minimum atomic E-state index is -0.540. The van der Waals surface area contributed by atoms with Gasteiger partial charge in [0.15, 0.2) is 0 Å². The highest BCUT2D eigenvalue weighted by Gasteiger charge is 2.38. The van der Waals surface area contributed by atoms with Crippen LogP contribution in [-0.4, -0.2) is 30.7 Å². The molecule has 2 amide bonds. The van der Waals surface area contributed by atoms with Crippen molar-refractivity contribution >= 4 is 12.0 Å². The lowest BCUT2D eigenvalue weighted by Gasteiger charge is -2.42. The van der Waals surface area contributed by atoms with Crippen LogP contribution < -0.4 is 10.6 Å². The van der Waals surface area contributed by atoms with E-state index in [-0.39, 0.29) is 23.8 Å². The van der Waals surface area contributed by atoms with Gasteiger partial charge in [0.05, 0.1) is 5.92 Å². The van der Waals surface area contributed by atoms with E-state index in [1.54, 1.807) is 0 Å². The molecule has 0 spiro atoms. The Bertz CT molecular complexity index is 589. The molecule has 1 aliphatic carbocycles. The quantitative estimate of drug-likeness (QED) is 0.830. The minimum Gasteiger partial charge on any atom is -0.444 e. The summed E-state index contributed by atoms with van der Waals surface area (Å²) in [5.41, 5.74) is 0.818. The second kappa shape index (κ2) is 7.89. The van der Waals surface area contributed by atoms with E-state index < -0.39 is 11.7 Å². The lowest BCUT2D eigenvalue weighted by Crippen LogP contribution is -2.48. The van der Waals surface area contributed by atoms with E-state index in [4.69, 9.17) is 4.74 Å². The number of benzene rings is 1. The summed E-state index contributed by atoms with van der Waals surface area (Å²) in [7, 11) is 0. The summed E-state index contributed by atoms with van der Waals surface area (Å²) in [5, 5.41) is 5.72. The van der Waals surface area contributed by atoms with Crippen molar-refractivity contribution in [2.24, 2.45) is 5.92 Å². The summed E-state index contributed by atoms with van der Waals surface area (Å²) in [6.07, 6.45) is 2.90. The maximum absolute atomic E-state index is 12.4. The summed E-state index contributed by atoms with van der Waals surface area (Å²) in [5.74, 6) is -0.348. The summed E-state index contributed by atoms with van der Waals surface area (Å²) >= 11 is 0. The number of hydrogen-bond acceptors (Lipinski definition) is 3. The van der Waals surface area contributed by atoms with Crippen LogP contribution in [0.2, 0.25) is 0 Å². The maximum Gasteiger partial charge on any atom is 0.407 e. The van der Waals surface area contributed by atoms with Crippen molar-refractivity contribution in [3.05, 3.63) is 35.9 Å². The molecule has 0 heterocycles. The normalized spacial score (nSPS) is 17.1. The van der Waals surface area contributed by atoms with Gasteiger partial charge in [0.25, 0.3) is 0 Å². The Morgan fingerprint density at radius 2 is 1.80 bits per heavy atom. The number of alkyl carbamates (subject to hydrolysis) is 1. The monoisotopic (exact) mass is 346 g/mol. The third-order valence-electron chi connectivity index (χ3n) is 4.70. The molecule has 1 aromatic carbocycles. The molecule has 0 unspecified atom stereocenters. The zero-order chi connectivity index (χ0) is 18.5. The lowest BCUT2D eigenvalue weighted by atomic mass is 9.64. The van der Waals surface area contributed by atoms with Gasteiger partial charge in [-0.3, -0.25) is 4.79 Å². The zero-order valence-corrected chi connectivity index (χ0v) is 15.7. The molecular weight excluding hydrogens is 316 g/mol. The highest BCUT2D eigenvalue weighted by atomic mass is 16.6. The first-order valence-corrected chi connectivity index (χ1v) is 9.02. The lowest BCUT2D eigenvalue weighted by molar-refractivity contribution is -0.124. The Morgan fingerprint density at radius 3 is 2.32 bits per heavy atom. The van der Waals surface area contributed by atoms with Gasteiger partial charge in [0.2, 0.25) is 5.91 Å². The van der Waals surface area contributed by atoms with Crippen molar-refractivity contribution in [3.63, 3.8) is 0 Å². The number of ether oxygens (including phenoxy) is 1. The molecule has 1 saturated carbocycles. The molecule has 138 valence electrons. The van der Waals surface area contributed by atoms with Gasteiger partial charge in [0.1, 0.15) is 5.60 Å². The second-order valence-electron chi connectivity index (χ2n) is 8.00. The van der Waals surface area contributed by atoms with Crippen molar-refractivity contribution in [2.45, 2.75) is 58.0 Å². The summed E-state index contributed by atoms with van der Waals surface area (Å²) in [6, 6.07) is 10.4. The number of hydrogen-bond donors (Lipinski definition) is 2. The van der Waals surface area contributed by atoms with E-state index >= 15 is 0 Å². The van der Waals surface area contributed by atoms with E-state index in [9.17, 15) is 9.59 Å². The predicted octanol–water partition coefficient (Wildman–Crippen LogP) is 3.39. The first kappa shape index (κ1) is 19.3. The molecule has 5 nitrogen and oxygen atoms in total. The van der Waals surface area contributed by atoms with Crippen LogP contribution in [0.3, 0.4) is 0 Å². The van der Waals surface area contributed by atoms with Gasteiger partial charge in [-0.2, -0.15) is 0 Å². The SMILES string of the molecule is C[C@H](CNC(=O)OC(C)(C)C)C(=O)NCC1(c2ccccc2)CCC1. The molecule has 25 heavy (non-hydrogen) atoms. The van der Waals surface area contributed by atoms with Crippen molar-refractivity contribution in [1.82, 2.24) is 10.6 Å². The van der Waals surface area contributed by atoms with Crippen LogP contribution in [-0.2, 0) is 14.9 Å². The summed E-state index contributed by atoms with van der Waals surface area (Å²) < 4.78 is 5.18. The first-order valence-electron chi connectivity index (χ1n) is 9.02. The molecule has 1 aliphatic rings. The zero-order valence-electron chi connectivity index (χ0n) is 15.7. The molecule has 1 fully saturated rings. The Morgan fingerprint density at radius 1 is 1.16 bits per heavy atom. The molecule has 0 saturated heterocycles. The molecule has 2 rings (SSSR count). The van der Waals surface area contributed by atoms with E-state index in [1.165, 1.54) is 12.0 Å². The molecule has 0 bridgehead atoms. The molecular formula is C20H30N2O3. The molecule has 1 aromatic rings. The third kappa shape index (κ3) is 5.48. The van der Waals surface area contributed by atoms with Crippen LogP contribution in [0, 0.1) is 5.92 Å². The number of carbonyl (C=O) groups is 2. The van der Waals surface area contributed by atoms with E-state index in [0.717, 1.165) is 12.8 Å². The van der Waals surface area contributed by atoms with E-state index in [2.05, 4.69) is 22.8 Å². The topological polar surface area (TPSA) is 67.4 Å². The van der Waals surface area contributed by atoms with Crippen LogP contribution in [0.15, 0.2) is 30.3 Å². The number of rotatable bonds is 6. The fourth-order valence-electron chi connectivity index (χ4n) is 3.04. The van der Waals surface area contributed by atoms with Crippen molar-refractivity contribution < 1.29 is 14.3 Å². The third-order valence-corrected chi connectivity index (χ3v) is 4.70.